The first-order valence-corrected chi connectivity index (χ1v) is 7.30. The first-order valence-electron chi connectivity index (χ1n) is 6.93. The zero-order chi connectivity index (χ0) is 18.7. The summed E-state index contributed by atoms with van der Waals surface area (Å²) in [4.78, 5) is 15.5. The Morgan fingerprint density at radius 2 is 2.00 bits per heavy atom. The zero-order valence-electron chi connectivity index (χ0n) is 12.6. The molecule has 26 heavy (non-hydrogen) atoms. The number of nitrogens with zero attached hydrogens (tertiary/aromatic N) is 3. The van der Waals surface area contributed by atoms with Crippen molar-refractivity contribution in [2.24, 2.45) is 0 Å². The highest BCUT2D eigenvalue weighted by Gasteiger charge is 2.31. The van der Waals surface area contributed by atoms with Gasteiger partial charge < -0.3 is 9.15 Å². The Kier molecular flexibility index (Phi) is 4.76. The molecule has 0 saturated heterocycles. The lowest BCUT2D eigenvalue weighted by Gasteiger charge is -2.07. The number of aromatic nitrogens is 3. The molecule has 0 bridgehead atoms. The third-order valence-corrected chi connectivity index (χ3v) is 3.17. The fraction of sp³-hybridized carbons (Fsp3) is 0.0667. The second kappa shape index (κ2) is 7.00. The van der Waals surface area contributed by atoms with Crippen LogP contribution < -0.4 is 10.1 Å². The number of benzene rings is 1. The predicted molar refractivity (Wildman–Crippen MR) is 83.6 cm³/mol. The fourth-order valence-corrected chi connectivity index (χ4v) is 2.07. The standard InChI is InChI=1S/C15H8ClF3N4O3/c16-10-3-1-2-8(6-10)13-22-23-14(25-13)21-12(24)9-4-5-11(20-7-9)26-15(17,18)19/h1-7H,(H,21,23,24). The van der Waals surface area contributed by atoms with Crippen molar-refractivity contribution in [2.45, 2.75) is 6.36 Å². The van der Waals surface area contributed by atoms with Crippen LogP contribution >= 0.6 is 11.6 Å². The monoisotopic (exact) mass is 384 g/mol. The van der Waals surface area contributed by atoms with Gasteiger partial charge in [0, 0.05) is 22.8 Å². The van der Waals surface area contributed by atoms with Crippen LogP contribution in [0.1, 0.15) is 10.4 Å². The first-order chi connectivity index (χ1) is 12.3. The second-order valence-corrected chi connectivity index (χ2v) is 5.25. The van der Waals surface area contributed by atoms with Crippen LogP contribution in [0.2, 0.25) is 5.02 Å². The number of hydrogen-bond donors (Lipinski definition) is 1. The van der Waals surface area contributed by atoms with E-state index in [2.05, 4.69) is 25.2 Å². The highest BCUT2D eigenvalue weighted by Crippen LogP contribution is 2.23. The Bertz CT molecular complexity index is 928. The van der Waals surface area contributed by atoms with Crippen molar-refractivity contribution in [3.63, 3.8) is 0 Å². The number of nitrogens with one attached hydrogen (secondary N) is 1. The summed E-state index contributed by atoms with van der Waals surface area (Å²) in [7, 11) is 0. The van der Waals surface area contributed by atoms with E-state index in [0.717, 1.165) is 18.3 Å². The molecule has 2 aromatic heterocycles. The number of pyridine rings is 1. The smallest absolute Gasteiger partial charge is 0.403 e. The summed E-state index contributed by atoms with van der Waals surface area (Å²) in [5, 5.41) is 10.2. The minimum absolute atomic E-state index is 0.0259. The van der Waals surface area contributed by atoms with E-state index in [1.807, 2.05) is 0 Å². The molecule has 0 aliphatic carbocycles. The topological polar surface area (TPSA) is 90.1 Å². The molecule has 0 unspecified atom stereocenters. The Morgan fingerprint density at radius 1 is 1.19 bits per heavy atom. The Hall–Kier alpha value is -3.14. The number of anilines is 1. The third-order valence-electron chi connectivity index (χ3n) is 2.94. The molecule has 1 aromatic carbocycles. The summed E-state index contributed by atoms with van der Waals surface area (Å²) in [6, 6.07) is 8.48. The SMILES string of the molecule is O=C(Nc1nnc(-c2cccc(Cl)c2)o1)c1ccc(OC(F)(F)F)nc1. The molecule has 2 heterocycles. The highest BCUT2D eigenvalue weighted by molar-refractivity contribution is 6.30. The number of rotatable bonds is 4. The molecule has 0 aliphatic rings. The van der Waals surface area contributed by atoms with Gasteiger partial charge in [-0.2, -0.15) is 0 Å². The van der Waals surface area contributed by atoms with Crippen molar-refractivity contribution in [3.8, 4) is 17.3 Å². The van der Waals surface area contributed by atoms with Gasteiger partial charge in [-0.3, -0.25) is 10.1 Å². The number of alkyl halides is 3. The fourth-order valence-electron chi connectivity index (χ4n) is 1.87. The molecule has 1 N–H and O–H groups in total. The highest BCUT2D eigenvalue weighted by atomic mass is 35.5. The molecule has 0 fully saturated rings. The molecule has 0 saturated carbocycles. The third kappa shape index (κ3) is 4.48. The molecule has 3 aromatic rings. The number of hydrogen-bond acceptors (Lipinski definition) is 6. The molecule has 0 aliphatic heterocycles. The van der Waals surface area contributed by atoms with Crippen LogP contribution in [0.4, 0.5) is 19.2 Å². The molecular weight excluding hydrogens is 377 g/mol. The Balaban J connectivity index is 1.69. The van der Waals surface area contributed by atoms with Crippen LogP contribution in [0.25, 0.3) is 11.5 Å². The zero-order valence-corrected chi connectivity index (χ0v) is 13.4. The molecular formula is C15H8ClF3N4O3. The summed E-state index contributed by atoms with van der Waals surface area (Å²) >= 11 is 5.87. The minimum atomic E-state index is -4.86. The van der Waals surface area contributed by atoms with E-state index in [-0.39, 0.29) is 17.5 Å². The van der Waals surface area contributed by atoms with E-state index in [9.17, 15) is 18.0 Å². The number of carbonyl (C=O) groups is 1. The summed E-state index contributed by atoms with van der Waals surface area (Å²) in [5.74, 6) is -1.25. The van der Waals surface area contributed by atoms with Gasteiger partial charge in [-0.05, 0) is 24.3 Å². The lowest BCUT2D eigenvalue weighted by molar-refractivity contribution is -0.276. The lowest BCUT2D eigenvalue weighted by atomic mass is 10.2. The minimum Gasteiger partial charge on any atom is -0.403 e. The average molecular weight is 385 g/mol. The van der Waals surface area contributed by atoms with Crippen molar-refractivity contribution in [1.82, 2.24) is 15.2 Å². The van der Waals surface area contributed by atoms with Crippen molar-refractivity contribution in [2.75, 3.05) is 5.32 Å². The molecule has 7 nitrogen and oxygen atoms in total. The van der Waals surface area contributed by atoms with Gasteiger partial charge in [0.25, 0.3) is 5.91 Å². The lowest BCUT2D eigenvalue weighted by Crippen LogP contribution is -2.18. The number of carbonyl (C=O) groups excluding carboxylic acids is 1. The maximum atomic E-state index is 12.1. The van der Waals surface area contributed by atoms with E-state index in [1.165, 1.54) is 0 Å². The van der Waals surface area contributed by atoms with Crippen molar-refractivity contribution < 1.29 is 27.1 Å². The molecule has 0 spiro atoms. The van der Waals surface area contributed by atoms with Crippen LogP contribution in [0.5, 0.6) is 5.88 Å². The van der Waals surface area contributed by atoms with E-state index < -0.39 is 18.1 Å². The summed E-state index contributed by atoms with van der Waals surface area (Å²) in [6.45, 7) is 0. The van der Waals surface area contributed by atoms with Crippen molar-refractivity contribution in [1.29, 1.82) is 0 Å². The van der Waals surface area contributed by atoms with Crippen LogP contribution in [-0.2, 0) is 0 Å². The van der Waals surface area contributed by atoms with Crippen LogP contribution in [0, 0.1) is 0 Å². The number of halogens is 4. The average Bonchev–Trinajstić information content (AvgIpc) is 3.02. The molecule has 134 valence electrons. The van der Waals surface area contributed by atoms with Crippen LogP contribution in [0.15, 0.2) is 47.0 Å². The van der Waals surface area contributed by atoms with Crippen LogP contribution in [0.3, 0.4) is 0 Å². The number of ether oxygens (including phenoxy) is 1. The van der Waals surface area contributed by atoms with Crippen molar-refractivity contribution >= 4 is 23.5 Å². The van der Waals surface area contributed by atoms with Gasteiger partial charge in [0.05, 0.1) is 5.56 Å². The quantitative estimate of drug-likeness (QED) is 0.732. The van der Waals surface area contributed by atoms with Gasteiger partial charge in [0.2, 0.25) is 11.8 Å². The van der Waals surface area contributed by atoms with E-state index in [1.54, 1.807) is 24.3 Å². The van der Waals surface area contributed by atoms with Crippen LogP contribution in [-0.4, -0.2) is 27.5 Å². The summed E-state index contributed by atoms with van der Waals surface area (Å²) < 4.78 is 45.2. The maximum Gasteiger partial charge on any atom is 0.574 e. The van der Waals surface area contributed by atoms with E-state index >= 15 is 0 Å². The maximum absolute atomic E-state index is 12.1. The normalized spacial score (nSPS) is 11.2. The van der Waals surface area contributed by atoms with E-state index in [0.29, 0.717) is 10.6 Å². The molecule has 0 atom stereocenters. The molecule has 1 amide bonds. The van der Waals surface area contributed by atoms with Gasteiger partial charge in [0.15, 0.2) is 0 Å². The molecule has 11 heteroatoms. The predicted octanol–water partition coefficient (Wildman–Crippen LogP) is 3.94. The summed E-state index contributed by atoms with van der Waals surface area (Å²) in [5.41, 5.74) is 0.530. The van der Waals surface area contributed by atoms with Gasteiger partial charge in [-0.25, -0.2) is 4.98 Å². The first kappa shape index (κ1) is 17.7. The Morgan fingerprint density at radius 3 is 2.65 bits per heavy atom. The van der Waals surface area contributed by atoms with Gasteiger partial charge in [-0.1, -0.05) is 22.8 Å². The number of amides is 1. The molecule has 3 rings (SSSR count). The van der Waals surface area contributed by atoms with Gasteiger partial charge >= 0.3 is 12.4 Å². The Labute approximate surface area is 148 Å². The van der Waals surface area contributed by atoms with E-state index in [4.69, 9.17) is 16.0 Å². The summed E-state index contributed by atoms with van der Waals surface area (Å²) in [6.07, 6.45) is -3.94. The van der Waals surface area contributed by atoms with Gasteiger partial charge in [-0.15, -0.1) is 18.3 Å². The van der Waals surface area contributed by atoms with Gasteiger partial charge in [0.1, 0.15) is 0 Å². The van der Waals surface area contributed by atoms with Crippen molar-refractivity contribution in [3.05, 3.63) is 53.2 Å². The largest absolute Gasteiger partial charge is 0.574 e. The molecule has 0 radical (unpaired) electrons. The second-order valence-electron chi connectivity index (χ2n) is 4.81.